The number of benzene rings is 1. The molecule has 1 unspecified atom stereocenters. The zero-order valence-electron chi connectivity index (χ0n) is 14.8. The van der Waals surface area contributed by atoms with E-state index in [9.17, 15) is 23.1 Å². The minimum atomic E-state index is -5.03. The van der Waals surface area contributed by atoms with Gasteiger partial charge in [-0.1, -0.05) is 30.3 Å². The Morgan fingerprint density at radius 1 is 1.26 bits per heavy atom. The smallest absolute Gasteiger partial charge is 0.428 e. The van der Waals surface area contributed by atoms with Gasteiger partial charge in [-0.25, -0.2) is 4.79 Å². The van der Waals surface area contributed by atoms with Gasteiger partial charge in [-0.05, 0) is 37.8 Å². The van der Waals surface area contributed by atoms with Crippen LogP contribution in [0.3, 0.4) is 0 Å². The maximum Gasteiger partial charge on any atom is 0.428 e. The fourth-order valence-corrected chi connectivity index (χ4v) is 2.91. The van der Waals surface area contributed by atoms with Gasteiger partial charge in [0, 0.05) is 12.6 Å². The number of nitrogens with one attached hydrogen (secondary N) is 1. The Labute approximate surface area is 162 Å². The summed E-state index contributed by atoms with van der Waals surface area (Å²) in [6, 6.07) is 8.41. The average Bonchev–Trinajstić information content (AvgIpc) is 3.10. The summed E-state index contributed by atoms with van der Waals surface area (Å²) in [6.45, 7) is 0.950. The second-order valence-electron chi connectivity index (χ2n) is 6.38. The Kier molecular flexibility index (Phi) is 9.52. The first-order valence-electron chi connectivity index (χ1n) is 8.64. The van der Waals surface area contributed by atoms with Crippen molar-refractivity contribution in [1.29, 1.82) is 0 Å². The first-order valence-corrected chi connectivity index (χ1v) is 8.64. The summed E-state index contributed by atoms with van der Waals surface area (Å²) in [5.41, 5.74) is -2.76. The van der Waals surface area contributed by atoms with E-state index in [1.165, 1.54) is 0 Å². The van der Waals surface area contributed by atoms with Crippen LogP contribution in [-0.4, -0.2) is 48.7 Å². The number of alkyl halides is 3. The summed E-state index contributed by atoms with van der Waals surface area (Å²) in [5, 5.41) is 12.5. The van der Waals surface area contributed by atoms with Crippen molar-refractivity contribution in [2.24, 2.45) is 0 Å². The van der Waals surface area contributed by atoms with Crippen molar-refractivity contribution < 1.29 is 32.5 Å². The topological polar surface area (TPSA) is 67.8 Å². The predicted octanol–water partition coefficient (Wildman–Crippen LogP) is 3.56. The minimum absolute atomic E-state index is 0. The molecule has 0 saturated carbocycles. The molecule has 1 saturated heterocycles. The van der Waals surface area contributed by atoms with Crippen molar-refractivity contribution in [3.8, 4) is 0 Å². The maximum atomic E-state index is 13.5. The van der Waals surface area contributed by atoms with Gasteiger partial charge < -0.3 is 19.9 Å². The van der Waals surface area contributed by atoms with Crippen molar-refractivity contribution in [3.63, 3.8) is 0 Å². The summed E-state index contributed by atoms with van der Waals surface area (Å²) in [5.74, 6) is -2.03. The van der Waals surface area contributed by atoms with Crippen molar-refractivity contribution in [1.82, 2.24) is 5.32 Å². The molecule has 27 heavy (non-hydrogen) atoms. The van der Waals surface area contributed by atoms with E-state index >= 15 is 0 Å². The van der Waals surface area contributed by atoms with Crippen molar-refractivity contribution in [2.45, 2.75) is 50.1 Å². The zero-order valence-corrected chi connectivity index (χ0v) is 15.7. The van der Waals surface area contributed by atoms with E-state index in [0.29, 0.717) is 12.2 Å². The van der Waals surface area contributed by atoms with Crippen LogP contribution in [0.4, 0.5) is 13.2 Å². The fraction of sp³-hybridized carbons (Fsp3) is 0.611. The molecule has 0 amide bonds. The molecule has 1 fully saturated rings. The molecule has 0 aromatic heterocycles. The molecule has 5 nitrogen and oxygen atoms in total. The van der Waals surface area contributed by atoms with Gasteiger partial charge in [-0.15, -0.1) is 12.4 Å². The Morgan fingerprint density at radius 2 is 1.96 bits per heavy atom. The number of halogens is 4. The van der Waals surface area contributed by atoms with Crippen LogP contribution < -0.4 is 5.32 Å². The van der Waals surface area contributed by atoms with Crippen LogP contribution in [0.1, 0.15) is 31.2 Å². The molecule has 1 aliphatic rings. The van der Waals surface area contributed by atoms with Gasteiger partial charge in [0.15, 0.2) is 0 Å². The Bertz CT molecular complexity index is 567. The van der Waals surface area contributed by atoms with Gasteiger partial charge in [0.05, 0.1) is 13.2 Å². The van der Waals surface area contributed by atoms with Crippen LogP contribution in [-0.2, 0) is 20.9 Å². The second-order valence-corrected chi connectivity index (χ2v) is 6.38. The van der Waals surface area contributed by atoms with Crippen LogP contribution in [0, 0.1) is 0 Å². The third-order valence-corrected chi connectivity index (χ3v) is 4.43. The van der Waals surface area contributed by atoms with E-state index in [4.69, 9.17) is 9.47 Å². The molecule has 2 rings (SSSR count). The largest absolute Gasteiger partial charge is 0.479 e. The molecule has 2 atom stereocenters. The highest BCUT2D eigenvalue weighted by molar-refractivity contribution is 5.85. The number of carboxylic acids is 1. The second kappa shape index (κ2) is 10.8. The van der Waals surface area contributed by atoms with E-state index in [1.54, 1.807) is 30.3 Å². The monoisotopic (exact) mass is 411 g/mol. The Hall–Kier alpha value is -1.35. The number of carbonyl (C=O) groups is 1. The molecular weight excluding hydrogens is 387 g/mol. The first kappa shape index (κ1) is 23.7. The lowest BCUT2D eigenvalue weighted by atomic mass is 9.96. The standard InChI is InChI=1S/C18H24F3NO4.ClH/c19-18(20,21)17(16(23)24,26-12-14-6-2-1-3-7-14)9-5-11-25-13-15-8-4-10-22-15;/h1-3,6-7,15,22H,4-5,8-13H2,(H,23,24);1H/t15-,17?;/m0./s1. The summed E-state index contributed by atoms with van der Waals surface area (Å²) in [4.78, 5) is 11.5. The van der Waals surface area contributed by atoms with Crippen LogP contribution in [0.2, 0.25) is 0 Å². The molecule has 0 radical (unpaired) electrons. The molecule has 1 aliphatic heterocycles. The van der Waals surface area contributed by atoms with Gasteiger partial charge in [0.2, 0.25) is 0 Å². The Morgan fingerprint density at radius 3 is 2.52 bits per heavy atom. The molecule has 0 spiro atoms. The molecule has 2 N–H and O–H groups in total. The van der Waals surface area contributed by atoms with Gasteiger partial charge in [-0.3, -0.25) is 0 Å². The quantitative estimate of drug-likeness (QED) is 0.576. The third-order valence-electron chi connectivity index (χ3n) is 4.43. The SMILES string of the molecule is Cl.O=C(O)C(CCCOC[C@@H]1CCCN1)(OCc1ccccc1)C(F)(F)F. The Balaban J connectivity index is 0.00000364. The number of ether oxygens (including phenoxy) is 2. The van der Waals surface area contributed by atoms with Crippen LogP contribution in [0.15, 0.2) is 30.3 Å². The predicted molar refractivity (Wildman–Crippen MR) is 96.0 cm³/mol. The summed E-state index contributed by atoms with van der Waals surface area (Å²) in [6.07, 6.45) is -3.76. The molecule has 1 aromatic carbocycles. The highest BCUT2D eigenvalue weighted by atomic mass is 35.5. The number of hydrogen-bond donors (Lipinski definition) is 2. The lowest BCUT2D eigenvalue weighted by Crippen LogP contribution is -2.54. The van der Waals surface area contributed by atoms with Crippen molar-refractivity contribution >= 4 is 18.4 Å². The van der Waals surface area contributed by atoms with E-state index in [1.807, 2.05) is 0 Å². The molecule has 154 valence electrons. The van der Waals surface area contributed by atoms with Crippen molar-refractivity contribution in [3.05, 3.63) is 35.9 Å². The van der Waals surface area contributed by atoms with Gasteiger partial charge in [-0.2, -0.15) is 13.2 Å². The number of carboxylic acid groups (broad SMARTS) is 1. The van der Waals surface area contributed by atoms with E-state index < -0.39 is 30.8 Å². The number of aliphatic carboxylic acids is 1. The summed E-state index contributed by atoms with van der Waals surface area (Å²) >= 11 is 0. The van der Waals surface area contributed by atoms with Gasteiger partial charge in [0.1, 0.15) is 0 Å². The maximum absolute atomic E-state index is 13.5. The average molecular weight is 412 g/mol. The number of rotatable bonds is 10. The van der Waals surface area contributed by atoms with Gasteiger partial charge >= 0.3 is 12.1 Å². The van der Waals surface area contributed by atoms with E-state index in [0.717, 1.165) is 19.4 Å². The zero-order chi connectivity index (χ0) is 19.0. The van der Waals surface area contributed by atoms with Crippen LogP contribution >= 0.6 is 12.4 Å². The molecule has 1 heterocycles. The van der Waals surface area contributed by atoms with E-state index in [-0.39, 0.29) is 31.5 Å². The van der Waals surface area contributed by atoms with Crippen molar-refractivity contribution in [2.75, 3.05) is 19.8 Å². The molecule has 1 aromatic rings. The number of hydrogen-bond acceptors (Lipinski definition) is 4. The molecule has 0 aliphatic carbocycles. The third kappa shape index (κ3) is 6.64. The fourth-order valence-electron chi connectivity index (χ4n) is 2.91. The van der Waals surface area contributed by atoms with E-state index in [2.05, 4.69) is 5.32 Å². The molecule has 9 heteroatoms. The highest BCUT2D eigenvalue weighted by Gasteiger charge is 2.61. The highest BCUT2D eigenvalue weighted by Crippen LogP contribution is 2.38. The lowest BCUT2D eigenvalue weighted by molar-refractivity contribution is -0.281. The molecular formula is C18H25ClF3NO4. The van der Waals surface area contributed by atoms with Gasteiger partial charge in [0.25, 0.3) is 5.60 Å². The summed E-state index contributed by atoms with van der Waals surface area (Å²) in [7, 11) is 0. The minimum Gasteiger partial charge on any atom is -0.479 e. The van der Waals surface area contributed by atoms with Crippen LogP contribution in [0.5, 0.6) is 0 Å². The first-order chi connectivity index (χ1) is 12.3. The van der Waals surface area contributed by atoms with Crippen LogP contribution in [0.25, 0.3) is 0 Å². The summed E-state index contributed by atoms with van der Waals surface area (Å²) < 4.78 is 50.9. The molecule has 0 bridgehead atoms. The lowest BCUT2D eigenvalue weighted by Gasteiger charge is -2.31. The normalized spacial score (nSPS) is 19.3.